The highest BCUT2D eigenvalue weighted by Crippen LogP contribution is 2.25. The van der Waals surface area contributed by atoms with Crippen LogP contribution in [0, 0.1) is 5.92 Å². The SMILES string of the molecule is C[C@@H]1CCS(=O)(=O)CCN1CC(=O)NCC1CCC1. The lowest BCUT2D eigenvalue weighted by Gasteiger charge is -2.28. The van der Waals surface area contributed by atoms with Crippen LogP contribution in [0.15, 0.2) is 0 Å². The molecule has 1 N–H and O–H groups in total. The minimum Gasteiger partial charge on any atom is -0.355 e. The minimum atomic E-state index is -2.91. The first-order valence-electron chi connectivity index (χ1n) is 7.17. The van der Waals surface area contributed by atoms with Crippen molar-refractivity contribution in [3.63, 3.8) is 0 Å². The van der Waals surface area contributed by atoms with Gasteiger partial charge < -0.3 is 5.32 Å². The highest BCUT2D eigenvalue weighted by Gasteiger charge is 2.26. The first-order chi connectivity index (χ1) is 8.96. The summed E-state index contributed by atoms with van der Waals surface area (Å²) < 4.78 is 23.2. The maximum Gasteiger partial charge on any atom is 0.234 e. The fraction of sp³-hybridized carbons (Fsp3) is 0.923. The van der Waals surface area contributed by atoms with E-state index in [9.17, 15) is 13.2 Å². The Hall–Kier alpha value is -0.620. The van der Waals surface area contributed by atoms with Crippen LogP contribution in [0.5, 0.6) is 0 Å². The van der Waals surface area contributed by atoms with Crippen molar-refractivity contribution in [2.24, 2.45) is 5.92 Å². The van der Waals surface area contributed by atoms with Gasteiger partial charge in [-0.15, -0.1) is 0 Å². The lowest BCUT2D eigenvalue weighted by atomic mass is 9.85. The van der Waals surface area contributed by atoms with Crippen LogP contribution in [0.1, 0.15) is 32.6 Å². The van der Waals surface area contributed by atoms with Crippen LogP contribution in [-0.2, 0) is 14.6 Å². The number of nitrogens with one attached hydrogen (secondary N) is 1. The number of hydrogen-bond donors (Lipinski definition) is 1. The Morgan fingerprint density at radius 2 is 2.00 bits per heavy atom. The molecule has 19 heavy (non-hydrogen) atoms. The average Bonchev–Trinajstić information content (AvgIpc) is 2.40. The quantitative estimate of drug-likeness (QED) is 0.814. The average molecular weight is 288 g/mol. The number of sulfone groups is 1. The molecule has 0 unspecified atom stereocenters. The largest absolute Gasteiger partial charge is 0.355 e. The van der Waals surface area contributed by atoms with Gasteiger partial charge in [-0.3, -0.25) is 9.69 Å². The van der Waals surface area contributed by atoms with Gasteiger partial charge in [-0.05, 0) is 32.1 Å². The summed E-state index contributed by atoms with van der Waals surface area (Å²) in [7, 11) is -2.91. The molecule has 5 nitrogen and oxygen atoms in total. The molecule has 2 aliphatic rings. The zero-order valence-electron chi connectivity index (χ0n) is 11.6. The standard InChI is InChI=1S/C13H24N2O3S/c1-11-5-7-19(17,18)8-6-15(11)10-13(16)14-9-12-3-2-4-12/h11-12H,2-10H2,1H3,(H,14,16)/t11-/m1/s1. The van der Waals surface area contributed by atoms with Crippen molar-refractivity contribution in [1.29, 1.82) is 0 Å². The summed E-state index contributed by atoms with van der Waals surface area (Å²) >= 11 is 0. The molecule has 0 radical (unpaired) electrons. The molecule has 6 heteroatoms. The van der Waals surface area contributed by atoms with E-state index in [0.717, 1.165) is 6.54 Å². The summed E-state index contributed by atoms with van der Waals surface area (Å²) in [5.74, 6) is 1.10. The van der Waals surface area contributed by atoms with E-state index < -0.39 is 9.84 Å². The van der Waals surface area contributed by atoms with Crippen molar-refractivity contribution in [1.82, 2.24) is 10.2 Å². The fourth-order valence-corrected chi connectivity index (χ4v) is 3.96. The van der Waals surface area contributed by atoms with E-state index in [1.807, 2.05) is 11.8 Å². The summed E-state index contributed by atoms with van der Waals surface area (Å²) in [5.41, 5.74) is 0. The molecule has 1 aliphatic carbocycles. The molecule has 0 bridgehead atoms. The van der Waals surface area contributed by atoms with E-state index in [1.54, 1.807) is 0 Å². The summed E-state index contributed by atoms with van der Waals surface area (Å²) in [4.78, 5) is 13.9. The molecule has 1 saturated carbocycles. The predicted molar refractivity (Wildman–Crippen MR) is 74.7 cm³/mol. The van der Waals surface area contributed by atoms with E-state index in [0.29, 0.717) is 25.4 Å². The van der Waals surface area contributed by atoms with Crippen molar-refractivity contribution >= 4 is 15.7 Å². The molecule has 0 spiro atoms. The maximum absolute atomic E-state index is 11.9. The van der Waals surface area contributed by atoms with Gasteiger partial charge in [0.25, 0.3) is 0 Å². The third-order valence-electron chi connectivity index (χ3n) is 4.32. The van der Waals surface area contributed by atoms with Gasteiger partial charge in [-0.25, -0.2) is 8.42 Å². The zero-order valence-corrected chi connectivity index (χ0v) is 12.4. The highest BCUT2D eigenvalue weighted by molar-refractivity contribution is 7.91. The van der Waals surface area contributed by atoms with E-state index in [-0.39, 0.29) is 23.5 Å². The van der Waals surface area contributed by atoms with Crippen LogP contribution >= 0.6 is 0 Å². The van der Waals surface area contributed by atoms with Crippen molar-refractivity contribution in [2.45, 2.75) is 38.6 Å². The van der Waals surface area contributed by atoms with Gasteiger partial charge in [0, 0.05) is 19.1 Å². The Bertz CT molecular complexity index is 418. The van der Waals surface area contributed by atoms with Gasteiger partial charge in [0.1, 0.15) is 0 Å². The number of rotatable bonds is 4. The molecule has 110 valence electrons. The van der Waals surface area contributed by atoms with E-state index in [2.05, 4.69) is 5.32 Å². The van der Waals surface area contributed by atoms with E-state index >= 15 is 0 Å². The van der Waals surface area contributed by atoms with Crippen LogP contribution in [0.2, 0.25) is 0 Å². The monoisotopic (exact) mass is 288 g/mol. The first-order valence-corrected chi connectivity index (χ1v) is 8.99. The second-order valence-electron chi connectivity index (χ2n) is 5.86. The van der Waals surface area contributed by atoms with Crippen LogP contribution in [0.3, 0.4) is 0 Å². The van der Waals surface area contributed by atoms with Gasteiger partial charge in [-0.1, -0.05) is 6.42 Å². The van der Waals surface area contributed by atoms with Crippen LogP contribution < -0.4 is 5.32 Å². The molecule has 0 aromatic heterocycles. The molecular weight excluding hydrogens is 264 g/mol. The van der Waals surface area contributed by atoms with Gasteiger partial charge in [0.2, 0.25) is 5.91 Å². The number of nitrogens with zero attached hydrogens (tertiary/aromatic N) is 1. The molecule has 1 amide bonds. The van der Waals surface area contributed by atoms with Crippen LogP contribution in [-0.4, -0.2) is 56.4 Å². The van der Waals surface area contributed by atoms with Gasteiger partial charge >= 0.3 is 0 Å². The van der Waals surface area contributed by atoms with E-state index in [1.165, 1.54) is 19.3 Å². The predicted octanol–water partition coefficient (Wildman–Crippen LogP) is 0.412. The van der Waals surface area contributed by atoms with Crippen molar-refractivity contribution in [3.05, 3.63) is 0 Å². The Morgan fingerprint density at radius 3 is 2.63 bits per heavy atom. The molecule has 1 atom stereocenters. The van der Waals surface area contributed by atoms with Crippen molar-refractivity contribution < 1.29 is 13.2 Å². The highest BCUT2D eigenvalue weighted by atomic mass is 32.2. The molecular formula is C13H24N2O3S. The van der Waals surface area contributed by atoms with Gasteiger partial charge in [0.15, 0.2) is 9.84 Å². The lowest BCUT2D eigenvalue weighted by Crippen LogP contribution is -2.44. The topological polar surface area (TPSA) is 66.5 Å². The van der Waals surface area contributed by atoms with Gasteiger partial charge in [-0.2, -0.15) is 0 Å². The zero-order chi connectivity index (χ0) is 13.9. The maximum atomic E-state index is 11.9. The summed E-state index contributed by atoms with van der Waals surface area (Å²) in [6, 6.07) is 0.159. The van der Waals surface area contributed by atoms with Crippen molar-refractivity contribution in [3.8, 4) is 0 Å². The Balaban J connectivity index is 1.77. The first kappa shape index (κ1) is 14.8. The Morgan fingerprint density at radius 1 is 1.26 bits per heavy atom. The third-order valence-corrected chi connectivity index (χ3v) is 5.98. The minimum absolute atomic E-state index is 0.0260. The Kier molecular flexibility index (Phi) is 4.84. The summed E-state index contributed by atoms with van der Waals surface area (Å²) in [6.07, 6.45) is 4.34. The van der Waals surface area contributed by atoms with Crippen LogP contribution in [0.25, 0.3) is 0 Å². The lowest BCUT2D eigenvalue weighted by molar-refractivity contribution is -0.123. The van der Waals surface area contributed by atoms with Gasteiger partial charge in [0.05, 0.1) is 18.1 Å². The molecule has 0 aromatic carbocycles. The number of carbonyl (C=O) groups excluding carboxylic acids is 1. The molecule has 1 heterocycles. The Labute approximate surface area is 115 Å². The molecule has 1 aliphatic heterocycles. The second-order valence-corrected chi connectivity index (χ2v) is 8.16. The summed E-state index contributed by atoms with van der Waals surface area (Å²) in [6.45, 7) is 3.57. The number of amides is 1. The number of hydrogen-bond acceptors (Lipinski definition) is 4. The molecule has 1 saturated heterocycles. The molecule has 0 aromatic rings. The third kappa shape index (κ3) is 4.45. The fourth-order valence-electron chi connectivity index (χ4n) is 2.54. The molecule has 2 fully saturated rings. The van der Waals surface area contributed by atoms with Crippen molar-refractivity contribution in [2.75, 3.05) is 31.1 Å². The summed E-state index contributed by atoms with van der Waals surface area (Å²) in [5, 5.41) is 2.96. The second kappa shape index (κ2) is 6.22. The van der Waals surface area contributed by atoms with Crippen LogP contribution in [0.4, 0.5) is 0 Å². The normalized spacial score (nSPS) is 28.4. The smallest absolute Gasteiger partial charge is 0.234 e. The number of carbonyl (C=O) groups is 1. The van der Waals surface area contributed by atoms with E-state index in [4.69, 9.17) is 0 Å². The molecule has 2 rings (SSSR count).